The SMILES string of the molecule is CN(C[C@@H](O)C(F)(F)F)C(=O)N[C@H]1CCOC2(CCCCC2)C1. The molecule has 0 aromatic heterocycles. The summed E-state index contributed by atoms with van der Waals surface area (Å²) in [5.41, 5.74) is -0.182. The van der Waals surface area contributed by atoms with Gasteiger partial charge in [-0.05, 0) is 25.7 Å². The normalized spacial score (nSPS) is 25.9. The van der Waals surface area contributed by atoms with E-state index in [0.717, 1.165) is 30.6 Å². The zero-order valence-electron chi connectivity index (χ0n) is 13.4. The monoisotopic (exact) mass is 338 g/mol. The first-order valence-corrected chi connectivity index (χ1v) is 8.12. The second-order valence-electron chi connectivity index (χ2n) is 6.67. The molecule has 1 heterocycles. The Bertz CT molecular complexity index is 406. The van der Waals surface area contributed by atoms with Gasteiger partial charge in [-0.2, -0.15) is 13.2 Å². The number of aliphatic hydroxyl groups is 1. The first-order valence-electron chi connectivity index (χ1n) is 8.12. The van der Waals surface area contributed by atoms with Crippen molar-refractivity contribution in [3.05, 3.63) is 0 Å². The molecule has 1 aliphatic heterocycles. The number of nitrogens with one attached hydrogen (secondary N) is 1. The van der Waals surface area contributed by atoms with Crippen molar-refractivity contribution in [2.45, 2.75) is 68.9 Å². The Hall–Kier alpha value is -1.02. The summed E-state index contributed by atoms with van der Waals surface area (Å²) in [6.07, 6.45) is -0.532. The Balaban J connectivity index is 1.84. The van der Waals surface area contributed by atoms with Gasteiger partial charge in [-0.25, -0.2) is 4.79 Å². The number of hydrogen-bond acceptors (Lipinski definition) is 3. The molecule has 2 aliphatic rings. The smallest absolute Gasteiger partial charge is 0.382 e. The number of alkyl halides is 3. The van der Waals surface area contributed by atoms with Crippen LogP contribution >= 0.6 is 0 Å². The number of aliphatic hydroxyl groups excluding tert-OH is 1. The van der Waals surface area contributed by atoms with Crippen molar-refractivity contribution < 1.29 is 27.8 Å². The highest BCUT2D eigenvalue weighted by Crippen LogP contribution is 2.38. The molecule has 0 aromatic rings. The summed E-state index contributed by atoms with van der Waals surface area (Å²) in [5.74, 6) is 0. The van der Waals surface area contributed by atoms with Gasteiger partial charge in [0.25, 0.3) is 0 Å². The molecule has 8 heteroatoms. The number of urea groups is 1. The number of amides is 2. The Morgan fingerprint density at radius 1 is 1.39 bits per heavy atom. The molecule has 1 saturated heterocycles. The van der Waals surface area contributed by atoms with E-state index in [9.17, 15) is 18.0 Å². The first-order chi connectivity index (χ1) is 10.7. The van der Waals surface area contributed by atoms with Crippen LogP contribution in [0.5, 0.6) is 0 Å². The maximum absolute atomic E-state index is 12.3. The van der Waals surface area contributed by atoms with Gasteiger partial charge in [0.15, 0.2) is 6.10 Å². The van der Waals surface area contributed by atoms with E-state index in [4.69, 9.17) is 9.84 Å². The van der Waals surface area contributed by atoms with E-state index in [2.05, 4.69) is 5.32 Å². The summed E-state index contributed by atoms with van der Waals surface area (Å²) in [6.45, 7) is -0.219. The lowest BCUT2D eigenvalue weighted by atomic mass is 9.78. The second-order valence-corrected chi connectivity index (χ2v) is 6.67. The topological polar surface area (TPSA) is 61.8 Å². The minimum atomic E-state index is -4.72. The second kappa shape index (κ2) is 7.25. The van der Waals surface area contributed by atoms with Crippen LogP contribution in [0.3, 0.4) is 0 Å². The van der Waals surface area contributed by atoms with Gasteiger partial charge in [-0.1, -0.05) is 19.3 Å². The standard InChI is InChI=1S/C15H25F3N2O3/c1-20(10-12(21)15(16,17)18)13(22)19-11-5-8-23-14(9-11)6-3-2-4-7-14/h11-12,21H,2-10H2,1H3,(H,19,22)/t11-,12+/m0/s1. The fourth-order valence-electron chi connectivity index (χ4n) is 3.43. The zero-order chi connectivity index (χ0) is 17.1. The van der Waals surface area contributed by atoms with Crippen LogP contribution in [0.15, 0.2) is 0 Å². The highest BCUT2D eigenvalue weighted by molar-refractivity contribution is 5.74. The van der Waals surface area contributed by atoms with Gasteiger partial charge in [0.2, 0.25) is 0 Å². The maximum atomic E-state index is 12.3. The number of rotatable bonds is 3. The molecule has 5 nitrogen and oxygen atoms in total. The van der Waals surface area contributed by atoms with Gasteiger partial charge in [0.1, 0.15) is 0 Å². The number of nitrogens with zero attached hydrogens (tertiary/aromatic N) is 1. The largest absolute Gasteiger partial charge is 0.416 e. The molecule has 23 heavy (non-hydrogen) atoms. The van der Waals surface area contributed by atoms with E-state index in [0.29, 0.717) is 19.4 Å². The number of ether oxygens (including phenoxy) is 1. The third-order valence-electron chi connectivity index (χ3n) is 4.76. The number of halogens is 3. The zero-order valence-corrected chi connectivity index (χ0v) is 13.4. The van der Waals surface area contributed by atoms with Crippen molar-refractivity contribution in [3.8, 4) is 0 Å². The lowest BCUT2D eigenvalue weighted by Crippen LogP contribution is -2.53. The average molecular weight is 338 g/mol. The molecular weight excluding hydrogens is 313 g/mol. The van der Waals surface area contributed by atoms with Crippen molar-refractivity contribution in [1.29, 1.82) is 0 Å². The van der Waals surface area contributed by atoms with Crippen LogP contribution in [0.4, 0.5) is 18.0 Å². The summed E-state index contributed by atoms with van der Waals surface area (Å²) < 4.78 is 43.0. The summed E-state index contributed by atoms with van der Waals surface area (Å²) in [7, 11) is 1.25. The third-order valence-corrected chi connectivity index (χ3v) is 4.76. The van der Waals surface area contributed by atoms with Crippen molar-refractivity contribution in [3.63, 3.8) is 0 Å². The molecule has 0 bridgehead atoms. The maximum Gasteiger partial charge on any atom is 0.416 e. The van der Waals surface area contributed by atoms with E-state index in [1.54, 1.807) is 0 Å². The molecular formula is C15H25F3N2O3. The Labute approximate surface area is 134 Å². The van der Waals surface area contributed by atoms with E-state index >= 15 is 0 Å². The van der Waals surface area contributed by atoms with E-state index in [1.165, 1.54) is 13.5 Å². The Morgan fingerprint density at radius 2 is 2.04 bits per heavy atom. The molecule has 134 valence electrons. The van der Waals surface area contributed by atoms with Gasteiger partial charge < -0.3 is 20.1 Å². The minimum Gasteiger partial charge on any atom is -0.382 e. The highest BCUT2D eigenvalue weighted by Gasteiger charge is 2.41. The van der Waals surface area contributed by atoms with Crippen molar-refractivity contribution in [2.75, 3.05) is 20.2 Å². The van der Waals surface area contributed by atoms with Crippen molar-refractivity contribution in [2.24, 2.45) is 0 Å². The molecule has 2 rings (SSSR count). The Kier molecular flexibility index (Phi) is 5.78. The van der Waals surface area contributed by atoms with Crippen LogP contribution in [0.1, 0.15) is 44.9 Å². The van der Waals surface area contributed by atoms with Crippen LogP contribution in [0, 0.1) is 0 Å². The van der Waals surface area contributed by atoms with Gasteiger partial charge >= 0.3 is 12.2 Å². The van der Waals surface area contributed by atoms with E-state index in [1.807, 2.05) is 0 Å². The highest BCUT2D eigenvalue weighted by atomic mass is 19.4. The van der Waals surface area contributed by atoms with Crippen LogP contribution in [-0.4, -0.2) is 60.2 Å². The average Bonchev–Trinajstić information content (AvgIpc) is 2.47. The summed E-state index contributed by atoms with van der Waals surface area (Å²) >= 11 is 0. The molecule has 0 aromatic carbocycles. The summed E-state index contributed by atoms with van der Waals surface area (Å²) in [5, 5.41) is 11.8. The van der Waals surface area contributed by atoms with Gasteiger partial charge in [0.05, 0.1) is 12.1 Å². The summed E-state index contributed by atoms with van der Waals surface area (Å²) in [4.78, 5) is 12.9. The van der Waals surface area contributed by atoms with E-state index < -0.39 is 24.9 Å². The number of carbonyl (C=O) groups excluding carboxylic acids is 1. The lowest BCUT2D eigenvalue weighted by molar-refractivity contribution is -0.205. The molecule has 0 radical (unpaired) electrons. The molecule has 1 spiro atoms. The van der Waals surface area contributed by atoms with Crippen LogP contribution < -0.4 is 5.32 Å². The fourth-order valence-corrected chi connectivity index (χ4v) is 3.43. The number of hydrogen-bond donors (Lipinski definition) is 2. The minimum absolute atomic E-state index is 0.0974. The van der Waals surface area contributed by atoms with Gasteiger partial charge in [-0.3, -0.25) is 0 Å². The number of likely N-dealkylation sites (N-methyl/N-ethyl adjacent to an activating group) is 1. The predicted octanol–water partition coefficient (Wildman–Crippen LogP) is 2.43. The quantitative estimate of drug-likeness (QED) is 0.831. The van der Waals surface area contributed by atoms with E-state index in [-0.39, 0.29) is 11.6 Å². The van der Waals surface area contributed by atoms with Gasteiger partial charge in [-0.15, -0.1) is 0 Å². The lowest BCUT2D eigenvalue weighted by Gasteiger charge is -2.43. The van der Waals surface area contributed by atoms with Crippen LogP contribution in [0.25, 0.3) is 0 Å². The van der Waals surface area contributed by atoms with Crippen LogP contribution in [0.2, 0.25) is 0 Å². The van der Waals surface area contributed by atoms with Crippen molar-refractivity contribution in [1.82, 2.24) is 10.2 Å². The molecule has 2 fully saturated rings. The number of carbonyl (C=O) groups is 1. The molecule has 2 amide bonds. The molecule has 2 N–H and O–H groups in total. The fraction of sp³-hybridized carbons (Fsp3) is 0.933. The summed E-state index contributed by atoms with van der Waals surface area (Å²) in [6, 6.07) is -0.689. The Morgan fingerprint density at radius 3 is 2.65 bits per heavy atom. The molecule has 1 saturated carbocycles. The van der Waals surface area contributed by atoms with Gasteiger partial charge in [0, 0.05) is 19.7 Å². The predicted molar refractivity (Wildman–Crippen MR) is 78.0 cm³/mol. The molecule has 2 atom stereocenters. The molecule has 0 unspecified atom stereocenters. The van der Waals surface area contributed by atoms with Crippen LogP contribution in [-0.2, 0) is 4.74 Å². The molecule has 1 aliphatic carbocycles. The van der Waals surface area contributed by atoms with Crippen molar-refractivity contribution >= 4 is 6.03 Å². The first kappa shape index (κ1) is 18.3. The third kappa shape index (κ3) is 4.97.